The number of benzene rings is 1. The third-order valence-corrected chi connectivity index (χ3v) is 1.96. The van der Waals surface area contributed by atoms with Crippen molar-refractivity contribution in [1.29, 1.82) is 0 Å². The molecule has 11 heavy (non-hydrogen) atoms. The van der Waals surface area contributed by atoms with E-state index in [1.54, 1.807) is 6.92 Å². The minimum absolute atomic E-state index is 0.716. The summed E-state index contributed by atoms with van der Waals surface area (Å²) >= 11 is 3.37. The van der Waals surface area contributed by atoms with Gasteiger partial charge in [-0.1, -0.05) is 12.0 Å². The highest BCUT2D eigenvalue weighted by Crippen LogP contribution is 2.20. The summed E-state index contributed by atoms with van der Waals surface area (Å²) in [6.07, 6.45) is 0. The second kappa shape index (κ2) is 3.45. The molecule has 2 N–H and O–H groups in total. The molecular formula is C9H8BrN. The first-order valence-electron chi connectivity index (χ1n) is 3.22. The summed E-state index contributed by atoms with van der Waals surface area (Å²) in [7, 11) is 0. The van der Waals surface area contributed by atoms with Gasteiger partial charge in [0.25, 0.3) is 0 Å². The van der Waals surface area contributed by atoms with Crippen LogP contribution in [0.2, 0.25) is 0 Å². The van der Waals surface area contributed by atoms with Crippen LogP contribution in [0.5, 0.6) is 0 Å². The second-order valence-corrected chi connectivity index (χ2v) is 2.93. The predicted molar refractivity (Wildman–Crippen MR) is 51.1 cm³/mol. The van der Waals surface area contributed by atoms with Crippen molar-refractivity contribution < 1.29 is 0 Å². The molecule has 0 radical (unpaired) electrons. The zero-order valence-electron chi connectivity index (χ0n) is 6.19. The Labute approximate surface area is 74.7 Å². The topological polar surface area (TPSA) is 26.0 Å². The molecule has 0 saturated carbocycles. The van der Waals surface area contributed by atoms with Crippen LogP contribution < -0.4 is 5.73 Å². The number of rotatable bonds is 0. The molecule has 0 aliphatic carbocycles. The Morgan fingerprint density at radius 1 is 1.45 bits per heavy atom. The number of hydrogen-bond acceptors (Lipinski definition) is 1. The van der Waals surface area contributed by atoms with Crippen molar-refractivity contribution in [2.24, 2.45) is 0 Å². The number of hydrogen-bond donors (Lipinski definition) is 1. The molecule has 0 atom stereocenters. The molecule has 1 nitrogen and oxygen atoms in total. The largest absolute Gasteiger partial charge is 0.398 e. The fourth-order valence-electron chi connectivity index (χ4n) is 0.798. The Kier molecular flexibility index (Phi) is 2.56. The van der Waals surface area contributed by atoms with Gasteiger partial charge < -0.3 is 5.73 Å². The average Bonchev–Trinajstić information content (AvgIpc) is 1.97. The van der Waals surface area contributed by atoms with E-state index in [4.69, 9.17) is 5.73 Å². The SMILES string of the molecule is CC#Cc1c(N)cccc1Br. The van der Waals surface area contributed by atoms with Gasteiger partial charge in [0.1, 0.15) is 0 Å². The average molecular weight is 210 g/mol. The van der Waals surface area contributed by atoms with Crippen LogP contribution in [0.15, 0.2) is 22.7 Å². The Bertz CT molecular complexity index is 300. The van der Waals surface area contributed by atoms with Crippen LogP contribution in [0, 0.1) is 11.8 Å². The minimum Gasteiger partial charge on any atom is -0.398 e. The quantitative estimate of drug-likeness (QED) is 0.516. The Hall–Kier alpha value is -0.940. The highest BCUT2D eigenvalue weighted by molar-refractivity contribution is 9.10. The van der Waals surface area contributed by atoms with Gasteiger partial charge in [0.2, 0.25) is 0 Å². The molecule has 0 saturated heterocycles. The first-order valence-corrected chi connectivity index (χ1v) is 4.01. The van der Waals surface area contributed by atoms with Crippen LogP contribution in [0.25, 0.3) is 0 Å². The summed E-state index contributed by atoms with van der Waals surface area (Å²) in [4.78, 5) is 0. The molecule has 0 amide bonds. The fourth-order valence-corrected chi connectivity index (χ4v) is 1.28. The Morgan fingerprint density at radius 3 is 2.73 bits per heavy atom. The van der Waals surface area contributed by atoms with Gasteiger partial charge in [-0.15, -0.1) is 5.92 Å². The van der Waals surface area contributed by atoms with Crippen LogP contribution in [-0.2, 0) is 0 Å². The summed E-state index contributed by atoms with van der Waals surface area (Å²) in [6, 6.07) is 5.65. The van der Waals surface area contributed by atoms with E-state index >= 15 is 0 Å². The van der Waals surface area contributed by atoms with Crippen LogP contribution in [-0.4, -0.2) is 0 Å². The van der Waals surface area contributed by atoms with Gasteiger partial charge in [-0.05, 0) is 35.0 Å². The molecule has 2 heteroatoms. The van der Waals surface area contributed by atoms with E-state index in [-0.39, 0.29) is 0 Å². The van der Waals surface area contributed by atoms with E-state index in [1.807, 2.05) is 18.2 Å². The molecule has 1 aromatic rings. The molecule has 1 rings (SSSR count). The summed E-state index contributed by atoms with van der Waals surface area (Å²) in [6.45, 7) is 1.79. The molecule has 1 aromatic carbocycles. The van der Waals surface area contributed by atoms with Crippen LogP contribution in [0.3, 0.4) is 0 Å². The van der Waals surface area contributed by atoms with Gasteiger partial charge in [0.15, 0.2) is 0 Å². The molecule has 0 unspecified atom stereocenters. The molecule has 0 spiro atoms. The number of halogens is 1. The van der Waals surface area contributed by atoms with Gasteiger partial charge in [-0.25, -0.2) is 0 Å². The molecule has 0 heterocycles. The van der Waals surface area contributed by atoms with Crippen LogP contribution in [0.4, 0.5) is 5.69 Å². The smallest absolute Gasteiger partial charge is 0.0616 e. The number of anilines is 1. The van der Waals surface area contributed by atoms with Gasteiger partial charge in [-0.2, -0.15) is 0 Å². The van der Waals surface area contributed by atoms with Crippen molar-refractivity contribution in [3.05, 3.63) is 28.2 Å². The first-order chi connectivity index (χ1) is 5.25. The van der Waals surface area contributed by atoms with Gasteiger partial charge >= 0.3 is 0 Å². The highest BCUT2D eigenvalue weighted by Gasteiger charge is 1.98. The normalized spacial score (nSPS) is 8.55. The summed E-state index contributed by atoms with van der Waals surface area (Å²) in [5.74, 6) is 5.73. The summed E-state index contributed by atoms with van der Waals surface area (Å²) < 4.78 is 0.951. The molecule has 0 bridgehead atoms. The van der Waals surface area contributed by atoms with Crippen molar-refractivity contribution >= 4 is 21.6 Å². The molecule has 56 valence electrons. The predicted octanol–water partition coefficient (Wildman–Crippen LogP) is 2.40. The fraction of sp³-hybridized carbons (Fsp3) is 0.111. The van der Waals surface area contributed by atoms with Gasteiger partial charge in [0.05, 0.1) is 5.56 Å². The Balaban J connectivity index is 3.28. The van der Waals surface area contributed by atoms with Crippen molar-refractivity contribution in [3.8, 4) is 11.8 Å². The van der Waals surface area contributed by atoms with Gasteiger partial charge in [-0.3, -0.25) is 0 Å². The van der Waals surface area contributed by atoms with E-state index in [2.05, 4.69) is 27.8 Å². The summed E-state index contributed by atoms with van der Waals surface area (Å²) in [5, 5.41) is 0. The third kappa shape index (κ3) is 1.75. The van der Waals surface area contributed by atoms with Crippen molar-refractivity contribution in [1.82, 2.24) is 0 Å². The summed E-state index contributed by atoms with van der Waals surface area (Å²) in [5.41, 5.74) is 7.26. The lowest BCUT2D eigenvalue weighted by Gasteiger charge is -1.98. The van der Waals surface area contributed by atoms with E-state index in [1.165, 1.54) is 0 Å². The van der Waals surface area contributed by atoms with Crippen molar-refractivity contribution in [2.45, 2.75) is 6.92 Å². The first kappa shape index (κ1) is 8.16. The lowest BCUT2D eigenvalue weighted by atomic mass is 10.2. The monoisotopic (exact) mass is 209 g/mol. The zero-order chi connectivity index (χ0) is 8.27. The third-order valence-electron chi connectivity index (χ3n) is 1.30. The van der Waals surface area contributed by atoms with Crippen molar-refractivity contribution in [2.75, 3.05) is 5.73 Å². The van der Waals surface area contributed by atoms with Crippen LogP contribution >= 0.6 is 15.9 Å². The lowest BCUT2D eigenvalue weighted by molar-refractivity contribution is 1.58. The molecule has 0 fully saturated rings. The lowest BCUT2D eigenvalue weighted by Crippen LogP contribution is -1.89. The van der Waals surface area contributed by atoms with Crippen molar-refractivity contribution in [3.63, 3.8) is 0 Å². The van der Waals surface area contributed by atoms with E-state index < -0.39 is 0 Å². The van der Waals surface area contributed by atoms with E-state index in [0.717, 1.165) is 10.0 Å². The molecule has 0 aliphatic rings. The van der Waals surface area contributed by atoms with E-state index in [9.17, 15) is 0 Å². The Morgan fingerprint density at radius 2 is 2.18 bits per heavy atom. The van der Waals surface area contributed by atoms with E-state index in [0.29, 0.717) is 5.69 Å². The second-order valence-electron chi connectivity index (χ2n) is 2.08. The molecule has 0 aliphatic heterocycles. The standard InChI is InChI=1S/C9H8BrN/c1-2-4-7-8(10)5-3-6-9(7)11/h3,5-6H,11H2,1H3. The van der Waals surface area contributed by atoms with Gasteiger partial charge in [0, 0.05) is 10.2 Å². The van der Waals surface area contributed by atoms with Crippen LogP contribution in [0.1, 0.15) is 12.5 Å². The maximum atomic E-state index is 5.67. The molecule has 0 aromatic heterocycles. The maximum absolute atomic E-state index is 5.67. The number of nitrogens with two attached hydrogens (primary N) is 1. The minimum atomic E-state index is 0.716. The maximum Gasteiger partial charge on any atom is 0.0616 e. The number of nitrogen functional groups attached to an aromatic ring is 1. The zero-order valence-corrected chi connectivity index (χ0v) is 7.77. The molecular weight excluding hydrogens is 202 g/mol. The highest BCUT2D eigenvalue weighted by atomic mass is 79.9.